The van der Waals surface area contributed by atoms with Crippen molar-refractivity contribution < 1.29 is 9.47 Å². The van der Waals surface area contributed by atoms with Gasteiger partial charge in [-0.1, -0.05) is 0 Å². The highest BCUT2D eigenvalue weighted by atomic mass is 16.6. The number of hydrogen-bond donors (Lipinski definition) is 1. The van der Waals surface area contributed by atoms with Crippen molar-refractivity contribution in [2.75, 3.05) is 6.61 Å². The Hall–Kier alpha value is -1.40. The Morgan fingerprint density at radius 3 is 2.81 bits per heavy atom. The third-order valence-corrected chi connectivity index (χ3v) is 3.11. The van der Waals surface area contributed by atoms with Crippen molar-refractivity contribution >= 4 is 0 Å². The average Bonchev–Trinajstić information content (AvgIpc) is 2.49. The molecule has 1 aromatic heterocycles. The predicted octanol–water partition coefficient (Wildman–Crippen LogP) is -0.469. The van der Waals surface area contributed by atoms with Gasteiger partial charge in [0.25, 0.3) is 5.56 Å². The Labute approximate surface area is 90.8 Å². The summed E-state index contributed by atoms with van der Waals surface area (Å²) in [6, 6.07) is 0. The van der Waals surface area contributed by atoms with Crippen molar-refractivity contribution in [2.45, 2.75) is 31.8 Å². The second-order valence-electron chi connectivity index (χ2n) is 4.22. The highest BCUT2D eigenvalue weighted by molar-refractivity contribution is 5.02. The van der Waals surface area contributed by atoms with Gasteiger partial charge < -0.3 is 9.47 Å². The van der Waals surface area contributed by atoms with Gasteiger partial charge in [-0.25, -0.2) is 4.79 Å². The number of nitrogens with one attached hydrogen (secondary N) is 1. The van der Waals surface area contributed by atoms with Crippen molar-refractivity contribution in [3.05, 3.63) is 32.6 Å². The molecule has 3 heterocycles. The number of aromatic amines is 1. The van der Waals surface area contributed by atoms with E-state index in [0.717, 1.165) is 0 Å². The number of rotatable bonds is 1. The van der Waals surface area contributed by atoms with E-state index < -0.39 is 5.69 Å². The Bertz CT molecular complexity index is 520. The largest absolute Gasteiger partial charge is 0.372 e. The van der Waals surface area contributed by atoms with Gasteiger partial charge in [-0.15, -0.1) is 0 Å². The predicted molar refractivity (Wildman–Crippen MR) is 54.3 cm³/mol. The first-order valence-electron chi connectivity index (χ1n) is 5.24. The van der Waals surface area contributed by atoms with Gasteiger partial charge in [0.05, 0.1) is 12.7 Å². The summed E-state index contributed by atoms with van der Waals surface area (Å²) in [5.41, 5.74) is -0.274. The van der Waals surface area contributed by atoms with Crippen LogP contribution in [-0.4, -0.2) is 28.4 Å². The summed E-state index contributed by atoms with van der Waals surface area (Å²) < 4.78 is 12.4. The topological polar surface area (TPSA) is 73.3 Å². The minimum absolute atomic E-state index is 0.101. The first-order chi connectivity index (χ1) is 7.65. The van der Waals surface area contributed by atoms with Gasteiger partial charge in [-0.3, -0.25) is 14.3 Å². The molecule has 2 fully saturated rings. The SMILES string of the molecule is Cc1cn([C@@H]2C[C@H]3OC[C@H]3O2)c(=O)[nH]c1=O. The fraction of sp³-hybridized carbons (Fsp3) is 0.600. The van der Waals surface area contributed by atoms with Crippen molar-refractivity contribution in [3.63, 3.8) is 0 Å². The Morgan fingerprint density at radius 2 is 2.25 bits per heavy atom. The zero-order chi connectivity index (χ0) is 11.3. The van der Waals surface area contributed by atoms with E-state index in [-0.39, 0.29) is 24.0 Å². The van der Waals surface area contributed by atoms with E-state index in [9.17, 15) is 9.59 Å². The smallest absolute Gasteiger partial charge is 0.330 e. The summed E-state index contributed by atoms with van der Waals surface area (Å²) in [5.74, 6) is 0. The fourth-order valence-corrected chi connectivity index (χ4v) is 2.09. The van der Waals surface area contributed by atoms with Gasteiger partial charge in [0, 0.05) is 18.2 Å². The van der Waals surface area contributed by atoms with Gasteiger partial charge >= 0.3 is 5.69 Å². The van der Waals surface area contributed by atoms with Gasteiger partial charge in [0.15, 0.2) is 0 Å². The molecule has 2 aliphatic rings. The molecule has 0 aliphatic carbocycles. The molecule has 3 atom stereocenters. The molecule has 0 bridgehead atoms. The lowest BCUT2D eigenvalue weighted by atomic mass is 10.1. The second kappa shape index (κ2) is 3.29. The fourth-order valence-electron chi connectivity index (χ4n) is 2.09. The van der Waals surface area contributed by atoms with Crippen LogP contribution in [0.5, 0.6) is 0 Å². The van der Waals surface area contributed by atoms with E-state index in [2.05, 4.69) is 4.98 Å². The lowest BCUT2D eigenvalue weighted by molar-refractivity contribution is -0.149. The minimum Gasteiger partial charge on any atom is -0.372 e. The van der Waals surface area contributed by atoms with Crippen LogP contribution in [0.25, 0.3) is 0 Å². The maximum absolute atomic E-state index is 11.6. The number of ether oxygens (including phenoxy) is 2. The molecule has 6 nitrogen and oxygen atoms in total. The minimum atomic E-state index is -0.429. The molecule has 2 aliphatic heterocycles. The molecule has 3 rings (SSSR count). The Balaban J connectivity index is 1.97. The lowest BCUT2D eigenvalue weighted by Crippen LogP contribution is -2.40. The third-order valence-electron chi connectivity index (χ3n) is 3.11. The van der Waals surface area contributed by atoms with Crippen LogP contribution in [0.15, 0.2) is 15.8 Å². The van der Waals surface area contributed by atoms with Crippen molar-refractivity contribution in [3.8, 4) is 0 Å². The highest BCUT2D eigenvalue weighted by Gasteiger charge is 2.44. The molecule has 1 N–H and O–H groups in total. The first kappa shape index (κ1) is 9.80. The zero-order valence-corrected chi connectivity index (χ0v) is 8.80. The highest BCUT2D eigenvalue weighted by Crippen LogP contribution is 2.35. The Morgan fingerprint density at radius 1 is 1.44 bits per heavy atom. The molecular weight excluding hydrogens is 212 g/mol. The normalized spacial score (nSPS) is 32.2. The number of H-pyrrole nitrogens is 1. The maximum Gasteiger partial charge on any atom is 0.330 e. The lowest BCUT2D eigenvalue weighted by Gasteiger charge is -2.28. The number of fused-ring (bicyclic) bond motifs is 1. The summed E-state index contributed by atoms with van der Waals surface area (Å²) in [6.07, 6.45) is 2.08. The van der Waals surface area contributed by atoms with E-state index in [1.54, 1.807) is 6.92 Å². The van der Waals surface area contributed by atoms with Gasteiger partial charge in [0.2, 0.25) is 0 Å². The van der Waals surface area contributed by atoms with Crippen LogP contribution in [0, 0.1) is 6.92 Å². The average molecular weight is 224 g/mol. The van der Waals surface area contributed by atoms with Gasteiger partial charge in [-0.2, -0.15) is 0 Å². The van der Waals surface area contributed by atoms with Crippen LogP contribution in [-0.2, 0) is 9.47 Å². The third kappa shape index (κ3) is 1.34. The molecule has 0 spiro atoms. The molecule has 0 saturated carbocycles. The second-order valence-corrected chi connectivity index (χ2v) is 4.22. The Kier molecular flexibility index (Phi) is 2.02. The summed E-state index contributed by atoms with van der Waals surface area (Å²) in [5, 5.41) is 0. The molecule has 2 saturated heterocycles. The molecule has 1 aromatic rings. The molecule has 6 heteroatoms. The van der Waals surface area contributed by atoms with Crippen LogP contribution in [0.1, 0.15) is 18.2 Å². The van der Waals surface area contributed by atoms with E-state index in [1.165, 1.54) is 10.8 Å². The van der Waals surface area contributed by atoms with E-state index in [1.807, 2.05) is 0 Å². The molecule has 0 amide bonds. The van der Waals surface area contributed by atoms with Crippen molar-refractivity contribution in [1.82, 2.24) is 9.55 Å². The van der Waals surface area contributed by atoms with Crippen molar-refractivity contribution in [1.29, 1.82) is 0 Å². The van der Waals surface area contributed by atoms with Crippen LogP contribution >= 0.6 is 0 Å². The maximum atomic E-state index is 11.6. The van der Waals surface area contributed by atoms with E-state index in [0.29, 0.717) is 18.6 Å². The summed E-state index contributed by atoms with van der Waals surface area (Å²) in [6.45, 7) is 2.26. The summed E-state index contributed by atoms with van der Waals surface area (Å²) >= 11 is 0. The molecule has 16 heavy (non-hydrogen) atoms. The van der Waals surface area contributed by atoms with Crippen LogP contribution in [0.4, 0.5) is 0 Å². The van der Waals surface area contributed by atoms with E-state index >= 15 is 0 Å². The first-order valence-corrected chi connectivity index (χ1v) is 5.24. The van der Waals surface area contributed by atoms with E-state index in [4.69, 9.17) is 9.47 Å². The summed E-state index contributed by atoms with van der Waals surface area (Å²) in [4.78, 5) is 25.1. The number of hydrogen-bond acceptors (Lipinski definition) is 4. The van der Waals surface area contributed by atoms with Gasteiger partial charge in [0.1, 0.15) is 12.3 Å². The summed E-state index contributed by atoms with van der Waals surface area (Å²) in [7, 11) is 0. The monoisotopic (exact) mass is 224 g/mol. The molecule has 0 unspecified atom stereocenters. The molecule has 86 valence electrons. The van der Waals surface area contributed by atoms with Crippen molar-refractivity contribution in [2.24, 2.45) is 0 Å². The van der Waals surface area contributed by atoms with Crippen LogP contribution in [0.2, 0.25) is 0 Å². The zero-order valence-electron chi connectivity index (χ0n) is 8.80. The van der Waals surface area contributed by atoms with Gasteiger partial charge in [-0.05, 0) is 6.92 Å². The van der Waals surface area contributed by atoms with Crippen LogP contribution < -0.4 is 11.2 Å². The number of nitrogens with zero attached hydrogens (tertiary/aromatic N) is 1. The molecular formula is C10H12N2O4. The number of aryl methyl sites for hydroxylation is 1. The standard InChI is InChI=1S/C10H12N2O4/c1-5-3-12(10(14)11-9(5)13)8-2-6-7(16-8)4-15-6/h3,6-8H,2,4H2,1H3,(H,11,13,14)/t6-,7-,8+/m1/s1. The quantitative estimate of drug-likeness (QED) is 0.700. The molecule has 0 aromatic carbocycles. The molecule has 0 radical (unpaired) electrons. The van der Waals surface area contributed by atoms with Crippen LogP contribution in [0.3, 0.4) is 0 Å². The number of aromatic nitrogens is 2.